The van der Waals surface area contributed by atoms with Gasteiger partial charge in [0.1, 0.15) is 10.6 Å². The molecule has 1 aromatic rings. The summed E-state index contributed by atoms with van der Waals surface area (Å²) in [5, 5.41) is 0. The highest BCUT2D eigenvalue weighted by Gasteiger charge is 2.53. The summed E-state index contributed by atoms with van der Waals surface area (Å²) in [4.78, 5) is 13.2. The van der Waals surface area contributed by atoms with Crippen LogP contribution < -0.4 is 9.64 Å². The van der Waals surface area contributed by atoms with E-state index in [2.05, 4.69) is 0 Å². The minimum atomic E-state index is -3.05. The number of amides is 1. The largest absolute Gasteiger partial charge is 0.497 e. The van der Waals surface area contributed by atoms with Crippen LogP contribution in [0.2, 0.25) is 0 Å². The van der Waals surface area contributed by atoms with Crippen LogP contribution in [0, 0.1) is 0 Å². The van der Waals surface area contributed by atoms with E-state index >= 15 is 0 Å². The summed E-state index contributed by atoms with van der Waals surface area (Å²) >= 11 is 1.44. The zero-order chi connectivity index (χ0) is 14.4. The minimum absolute atomic E-state index is 0.0303. The normalized spacial score (nSPS) is 28.2. The second-order valence-electron chi connectivity index (χ2n) is 5.00. The maximum absolute atomic E-state index is 12.2. The smallest absolute Gasteiger partial charge is 0.238 e. The first-order valence-corrected chi connectivity index (χ1v) is 9.08. The highest BCUT2D eigenvalue weighted by atomic mass is 32.2. The van der Waals surface area contributed by atoms with E-state index in [9.17, 15) is 13.2 Å². The van der Waals surface area contributed by atoms with Crippen molar-refractivity contribution in [2.45, 2.75) is 11.3 Å². The van der Waals surface area contributed by atoms with Crippen molar-refractivity contribution in [3.05, 3.63) is 24.3 Å². The Bertz CT molecular complexity index is 641. The number of hydrogen-bond donors (Lipinski definition) is 0. The molecule has 20 heavy (non-hydrogen) atoms. The van der Waals surface area contributed by atoms with Crippen molar-refractivity contribution < 1.29 is 17.9 Å². The van der Waals surface area contributed by atoms with E-state index in [-0.39, 0.29) is 17.4 Å². The quantitative estimate of drug-likeness (QED) is 0.823. The summed E-state index contributed by atoms with van der Waals surface area (Å²) < 4.78 is 28.7. The number of hydrogen-bond acceptors (Lipinski definition) is 5. The molecule has 1 spiro atoms. The van der Waals surface area contributed by atoms with E-state index in [0.717, 1.165) is 5.69 Å². The number of carbonyl (C=O) groups excluding carboxylic acids is 1. The van der Waals surface area contributed by atoms with Crippen molar-refractivity contribution in [2.24, 2.45) is 0 Å². The SMILES string of the molecule is COc1ccc(N2C(=O)CSC23CCS(=O)(=O)C3)cc1. The van der Waals surface area contributed by atoms with Crippen LogP contribution in [0.1, 0.15) is 6.42 Å². The summed E-state index contributed by atoms with van der Waals surface area (Å²) in [5.74, 6) is 1.21. The van der Waals surface area contributed by atoms with Crippen LogP contribution in [0.5, 0.6) is 5.75 Å². The maximum atomic E-state index is 12.2. The molecule has 5 nitrogen and oxygen atoms in total. The molecule has 3 rings (SSSR count). The Labute approximate surface area is 122 Å². The Kier molecular flexibility index (Phi) is 3.21. The first-order valence-electron chi connectivity index (χ1n) is 6.27. The first kappa shape index (κ1) is 13.8. The lowest BCUT2D eigenvalue weighted by molar-refractivity contribution is -0.116. The molecular weight excluding hydrogens is 298 g/mol. The van der Waals surface area contributed by atoms with Gasteiger partial charge in [0, 0.05) is 5.69 Å². The van der Waals surface area contributed by atoms with E-state index in [4.69, 9.17) is 4.74 Å². The summed E-state index contributed by atoms with van der Waals surface area (Å²) in [7, 11) is -1.47. The number of carbonyl (C=O) groups is 1. The Morgan fingerprint density at radius 1 is 1.30 bits per heavy atom. The Balaban J connectivity index is 1.98. The number of thioether (sulfide) groups is 1. The second-order valence-corrected chi connectivity index (χ2v) is 8.53. The number of anilines is 1. The average Bonchev–Trinajstić information content (AvgIpc) is 2.90. The third-order valence-electron chi connectivity index (χ3n) is 3.70. The van der Waals surface area contributed by atoms with Gasteiger partial charge >= 0.3 is 0 Å². The number of nitrogens with zero attached hydrogens (tertiary/aromatic N) is 1. The van der Waals surface area contributed by atoms with Crippen LogP contribution in [-0.4, -0.2) is 43.6 Å². The van der Waals surface area contributed by atoms with Crippen molar-refractivity contribution in [3.63, 3.8) is 0 Å². The van der Waals surface area contributed by atoms with Crippen molar-refractivity contribution in [1.29, 1.82) is 0 Å². The van der Waals surface area contributed by atoms with Crippen molar-refractivity contribution in [3.8, 4) is 5.75 Å². The third kappa shape index (κ3) is 2.18. The van der Waals surface area contributed by atoms with Crippen LogP contribution in [0.15, 0.2) is 24.3 Å². The fourth-order valence-electron chi connectivity index (χ4n) is 2.76. The van der Waals surface area contributed by atoms with Gasteiger partial charge in [-0.1, -0.05) is 0 Å². The molecule has 1 atom stereocenters. The zero-order valence-corrected chi connectivity index (χ0v) is 12.7. The fourth-order valence-corrected chi connectivity index (χ4v) is 6.62. The predicted molar refractivity (Wildman–Crippen MR) is 78.9 cm³/mol. The highest BCUT2D eigenvalue weighted by molar-refractivity contribution is 8.03. The van der Waals surface area contributed by atoms with Gasteiger partial charge in [0.05, 0.1) is 24.4 Å². The lowest BCUT2D eigenvalue weighted by Crippen LogP contribution is -2.45. The molecule has 2 aliphatic rings. The van der Waals surface area contributed by atoms with E-state index in [0.29, 0.717) is 17.9 Å². The molecule has 0 aromatic heterocycles. The van der Waals surface area contributed by atoms with E-state index in [1.165, 1.54) is 11.8 Å². The molecule has 108 valence electrons. The van der Waals surface area contributed by atoms with E-state index in [1.54, 1.807) is 36.3 Å². The van der Waals surface area contributed by atoms with E-state index in [1.807, 2.05) is 0 Å². The molecule has 1 aromatic carbocycles. The van der Waals surface area contributed by atoms with Gasteiger partial charge in [-0.3, -0.25) is 9.69 Å². The molecule has 0 N–H and O–H groups in total. The third-order valence-corrected chi connectivity index (χ3v) is 7.09. The summed E-state index contributed by atoms with van der Waals surface area (Å²) in [5.41, 5.74) is 0.734. The molecule has 2 fully saturated rings. The number of benzene rings is 1. The van der Waals surface area contributed by atoms with Crippen LogP contribution in [-0.2, 0) is 14.6 Å². The topological polar surface area (TPSA) is 63.7 Å². The van der Waals surface area contributed by atoms with Crippen LogP contribution >= 0.6 is 11.8 Å². The molecule has 7 heteroatoms. The summed E-state index contributed by atoms with van der Waals surface area (Å²) in [6, 6.07) is 7.16. The highest BCUT2D eigenvalue weighted by Crippen LogP contribution is 2.47. The molecule has 1 unspecified atom stereocenters. The maximum Gasteiger partial charge on any atom is 0.238 e. The summed E-state index contributed by atoms with van der Waals surface area (Å²) in [6.07, 6.45) is 0.498. The molecule has 2 saturated heterocycles. The van der Waals surface area contributed by atoms with Gasteiger partial charge in [0.25, 0.3) is 0 Å². The Morgan fingerprint density at radius 2 is 2.00 bits per heavy atom. The molecular formula is C13H15NO4S2. The average molecular weight is 313 g/mol. The Hall–Kier alpha value is -1.21. The molecule has 0 bridgehead atoms. The van der Waals surface area contributed by atoms with Gasteiger partial charge in [-0.15, -0.1) is 11.8 Å². The number of rotatable bonds is 2. The van der Waals surface area contributed by atoms with Gasteiger partial charge < -0.3 is 4.74 Å². The minimum Gasteiger partial charge on any atom is -0.497 e. The van der Waals surface area contributed by atoms with Crippen molar-refractivity contribution in [2.75, 3.05) is 29.3 Å². The zero-order valence-electron chi connectivity index (χ0n) is 11.0. The van der Waals surface area contributed by atoms with E-state index < -0.39 is 14.7 Å². The van der Waals surface area contributed by atoms with Crippen LogP contribution in [0.3, 0.4) is 0 Å². The van der Waals surface area contributed by atoms with Gasteiger partial charge in [-0.25, -0.2) is 8.42 Å². The molecule has 2 heterocycles. The van der Waals surface area contributed by atoms with Crippen molar-refractivity contribution in [1.82, 2.24) is 0 Å². The van der Waals surface area contributed by atoms with Gasteiger partial charge in [-0.05, 0) is 30.7 Å². The Morgan fingerprint density at radius 3 is 2.55 bits per heavy atom. The molecule has 0 saturated carbocycles. The molecule has 0 radical (unpaired) electrons. The first-order chi connectivity index (χ1) is 9.46. The fraction of sp³-hybridized carbons (Fsp3) is 0.462. The van der Waals surface area contributed by atoms with Crippen molar-refractivity contribution >= 4 is 33.2 Å². The molecule has 0 aliphatic carbocycles. The standard InChI is InChI=1S/C13H15NO4S2/c1-18-11-4-2-10(3-5-11)14-12(15)8-19-13(14)6-7-20(16,17)9-13/h2-5H,6-9H2,1H3. The lowest BCUT2D eigenvalue weighted by atomic mass is 10.1. The van der Waals surface area contributed by atoms with Crippen LogP contribution in [0.25, 0.3) is 0 Å². The van der Waals surface area contributed by atoms with Gasteiger partial charge in [0.15, 0.2) is 9.84 Å². The lowest BCUT2D eigenvalue weighted by Gasteiger charge is -2.32. The molecule has 2 aliphatic heterocycles. The van der Waals surface area contributed by atoms with Gasteiger partial charge in [-0.2, -0.15) is 0 Å². The number of methoxy groups -OCH3 is 1. The molecule has 1 amide bonds. The van der Waals surface area contributed by atoms with Crippen LogP contribution in [0.4, 0.5) is 5.69 Å². The monoisotopic (exact) mass is 313 g/mol. The second kappa shape index (κ2) is 4.66. The number of sulfone groups is 1. The summed E-state index contributed by atoms with van der Waals surface area (Å²) in [6.45, 7) is 0. The predicted octanol–water partition coefficient (Wildman–Crippen LogP) is 1.29. The van der Waals surface area contributed by atoms with Gasteiger partial charge in [0.2, 0.25) is 5.91 Å². The number of ether oxygens (including phenoxy) is 1.